The maximum atomic E-state index is 5.44. The van der Waals surface area contributed by atoms with Crippen molar-refractivity contribution in [1.29, 1.82) is 0 Å². The molecular formula is C3H4BrCl2OP. The lowest BCUT2D eigenvalue weighted by Crippen LogP contribution is -1.64. The fourth-order valence-corrected chi connectivity index (χ4v) is 0.748. The summed E-state index contributed by atoms with van der Waals surface area (Å²) in [5.41, 5.74) is 0. The molecule has 0 aliphatic carbocycles. The SMILES string of the molecule is CO/C=C(\Br)P(Cl)Cl. The molecule has 0 heterocycles. The van der Waals surface area contributed by atoms with Crippen molar-refractivity contribution in [3.63, 3.8) is 0 Å². The van der Waals surface area contributed by atoms with Gasteiger partial charge in [0.05, 0.1) is 17.6 Å². The first-order valence-corrected chi connectivity index (χ1v) is 5.63. The van der Waals surface area contributed by atoms with Crippen LogP contribution in [0.1, 0.15) is 0 Å². The van der Waals surface area contributed by atoms with Gasteiger partial charge >= 0.3 is 0 Å². The van der Waals surface area contributed by atoms with E-state index in [1.54, 1.807) is 0 Å². The van der Waals surface area contributed by atoms with E-state index in [1.165, 1.54) is 13.4 Å². The predicted octanol–water partition coefficient (Wildman–Crippen LogP) is 3.62. The van der Waals surface area contributed by atoms with E-state index in [2.05, 4.69) is 20.7 Å². The average molecular weight is 238 g/mol. The summed E-state index contributed by atoms with van der Waals surface area (Å²) in [6.07, 6.45) is 1.46. The molecule has 8 heavy (non-hydrogen) atoms. The second kappa shape index (κ2) is 4.87. The summed E-state index contributed by atoms with van der Waals surface area (Å²) in [6.45, 7) is -1.07. The van der Waals surface area contributed by atoms with E-state index in [1.807, 2.05) is 0 Å². The second-order valence-electron chi connectivity index (χ2n) is 0.909. The van der Waals surface area contributed by atoms with Crippen molar-refractivity contribution in [3.8, 4) is 0 Å². The molecule has 0 spiro atoms. The van der Waals surface area contributed by atoms with Crippen molar-refractivity contribution in [2.45, 2.75) is 0 Å². The molecule has 5 heteroatoms. The molecule has 0 N–H and O–H groups in total. The van der Waals surface area contributed by atoms with Crippen molar-refractivity contribution < 1.29 is 4.74 Å². The maximum Gasteiger partial charge on any atom is 0.127 e. The molecule has 0 saturated heterocycles. The van der Waals surface area contributed by atoms with Crippen LogP contribution in [0.3, 0.4) is 0 Å². The van der Waals surface area contributed by atoms with Gasteiger partial charge in [-0.05, 0) is 15.9 Å². The highest BCUT2D eigenvalue weighted by molar-refractivity contribution is 9.13. The maximum absolute atomic E-state index is 5.44. The highest BCUT2D eigenvalue weighted by Gasteiger charge is 2.01. The van der Waals surface area contributed by atoms with E-state index < -0.39 is 6.63 Å². The molecule has 0 atom stereocenters. The molecule has 0 aliphatic heterocycles. The first-order valence-electron chi connectivity index (χ1n) is 1.68. The van der Waals surface area contributed by atoms with Crippen LogP contribution in [-0.2, 0) is 4.74 Å². The lowest BCUT2D eigenvalue weighted by atomic mass is 11.1. The molecule has 0 rings (SSSR count). The van der Waals surface area contributed by atoms with Crippen molar-refractivity contribution in [3.05, 3.63) is 10.5 Å². The average Bonchev–Trinajstić information content (AvgIpc) is 1.67. The minimum absolute atomic E-state index is 0.693. The molecule has 0 radical (unpaired) electrons. The highest BCUT2D eigenvalue weighted by atomic mass is 79.9. The van der Waals surface area contributed by atoms with Gasteiger partial charge in [0.15, 0.2) is 0 Å². The van der Waals surface area contributed by atoms with Crippen molar-refractivity contribution in [2.75, 3.05) is 7.11 Å². The Balaban J connectivity index is 3.61. The van der Waals surface area contributed by atoms with Gasteiger partial charge in [0.25, 0.3) is 0 Å². The van der Waals surface area contributed by atoms with Gasteiger partial charge in [-0.25, -0.2) is 0 Å². The lowest BCUT2D eigenvalue weighted by Gasteiger charge is -1.94. The van der Waals surface area contributed by atoms with Gasteiger partial charge in [-0.2, -0.15) is 0 Å². The summed E-state index contributed by atoms with van der Waals surface area (Å²) in [6, 6.07) is 0. The van der Waals surface area contributed by atoms with E-state index >= 15 is 0 Å². The van der Waals surface area contributed by atoms with E-state index in [0.717, 1.165) is 0 Å². The van der Waals surface area contributed by atoms with E-state index in [0.29, 0.717) is 4.22 Å². The zero-order valence-corrected chi connectivity index (χ0v) is 8.06. The van der Waals surface area contributed by atoms with Crippen LogP contribution in [0.5, 0.6) is 0 Å². The molecule has 48 valence electrons. The third-order valence-electron chi connectivity index (χ3n) is 0.377. The van der Waals surface area contributed by atoms with Gasteiger partial charge in [0.2, 0.25) is 0 Å². The van der Waals surface area contributed by atoms with Crippen LogP contribution < -0.4 is 0 Å². The normalized spacial score (nSPS) is 12.4. The van der Waals surface area contributed by atoms with E-state index in [4.69, 9.17) is 22.5 Å². The fourth-order valence-electron chi connectivity index (χ4n) is 0.137. The molecule has 0 fully saturated rings. The lowest BCUT2D eigenvalue weighted by molar-refractivity contribution is 0.338. The Labute approximate surface area is 67.5 Å². The van der Waals surface area contributed by atoms with Gasteiger partial charge in [-0.15, -0.1) is 0 Å². The molecule has 0 aromatic carbocycles. The quantitative estimate of drug-likeness (QED) is 0.527. The second-order valence-corrected chi connectivity index (χ2v) is 5.87. The third kappa shape index (κ3) is 3.96. The van der Waals surface area contributed by atoms with Crippen LogP contribution in [0.2, 0.25) is 0 Å². The van der Waals surface area contributed by atoms with E-state index in [9.17, 15) is 0 Å². The molecule has 0 aliphatic rings. The zero-order valence-electron chi connectivity index (χ0n) is 4.07. The topological polar surface area (TPSA) is 9.23 Å². The Morgan fingerprint density at radius 2 is 2.25 bits per heavy atom. The minimum Gasteiger partial charge on any atom is -0.503 e. The molecule has 1 nitrogen and oxygen atoms in total. The minimum atomic E-state index is -1.07. The standard InChI is InChI=1S/C3H4BrCl2OP/c1-7-2-3(4)8(5)6/h2H,1H3/b3-2+. The highest BCUT2D eigenvalue weighted by Crippen LogP contribution is 2.57. The van der Waals surface area contributed by atoms with Crippen LogP contribution >= 0.6 is 45.0 Å². The molecule has 0 amide bonds. The Morgan fingerprint density at radius 3 is 2.38 bits per heavy atom. The Bertz CT molecular complexity index is 95.3. The third-order valence-corrected chi connectivity index (χ3v) is 4.37. The predicted molar refractivity (Wildman–Crippen MR) is 42.6 cm³/mol. The molecular weight excluding hydrogens is 234 g/mol. The Hall–Kier alpha value is 1.03. The van der Waals surface area contributed by atoms with Crippen LogP contribution in [0.15, 0.2) is 10.5 Å². The molecule has 0 bridgehead atoms. The Kier molecular flexibility index (Phi) is 5.49. The summed E-state index contributed by atoms with van der Waals surface area (Å²) in [4.78, 5) is 0. The van der Waals surface area contributed by atoms with Crippen molar-refractivity contribution >= 4 is 45.0 Å². The van der Waals surface area contributed by atoms with Crippen LogP contribution in [0, 0.1) is 0 Å². The van der Waals surface area contributed by atoms with Crippen molar-refractivity contribution in [2.24, 2.45) is 0 Å². The van der Waals surface area contributed by atoms with Gasteiger partial charge in [-0.1, -0.05) is 22.5 Å². The van der Waals surface area contributed by atoms with Crippen LogP contribution in [0.25, 0.3) is 0 Å². The number of halogens is 3. The zero-order chi connectivity index (χ0) is 6.57. The monoisotopic (exact) mass is 236 g/mol. The van der Waals surface area contributed by atoms with Gasteiger partial charge in [0, 0.05) is 0 Å². The Morgan fingerprint density at radius 1 is 1.75 bits per heavy atom. The first-order chi connectivity index (χ1) is 3.68. The number of rotatable bonds is 2. The molecule has 0 aromatic rings. The van der Waals surface area contributed by atoms with Crippen LogP contribution in [-0.4, -0.2) is 7.11 Å². The summed E-state index contributed by atoms with van der Waals surface area (Å²) in [7, 11) is 1.54. The fraction of sp³-hybridized carbons (Fsp3) is 0.333. The number of methoxy groups -OCH3 is 1. The number of hydrogen-bond acceptors (Lipinski definition) is 1. The summed E-state index contributed by atoms with van der Waals surface area (Å²) < 4.78 is 5.30. The molecule has 0 unspecified atom stereocenters. The molecule has 0 saturated carbocycles. The van der Waals surface area contributed by atoms with Gasteiger partial charge in [0.1, 0.15) is 6.63 Å². The number of hydrogen-bond donors (Lipinski definition) is 0. The first kappa shape index (κ1) is 9.03. The van der Waals surface area contributed by atoms with Gasteiger partial charge < -0.3 is 4.74 Å². The van der Waals surface area contributed by atoms with E-state index in [-0.39, 0.29) is 0 Å². The smallest absolute Gasteiger partial charge is 0.127 e. The van der Waals surface area contributed by atoms with Crippen molar-refractivity contribution in [1.82, 2.24) is 0 Å². The number of ether oxygens (including phenoxy) is 1. The summed E-state index contributed by atoms with van der Waals surface area (Å²) >= 11 is 14.0. The largest absolute Gasteiger partial charge is 0.503 e. The van der Waals surface area contributed by atoms with Gasteiger partial charge in [-0.3, -0.25) is 0 Å². The summed E-state index contributed by atoms with van der Waals surface area (Å²) in [5.74, 6) is 0. The molecule has 0 aromatic heterocycles. The van der Waals surface area contributed by atoms with Crippen LogP contribution in [0.4, 0.5) is 0 Å². The summed E-state index contributed by atoms with van der Waals surface area (Å²) in [5, 5.41) is 0.